The van der Waals surface area contributed by atoms with E-state index in [0.717, 1.165) is 4.88 Å². The summed E-state index contributed by atoms with van der Waals surface area (Å²) in [7, 11) is 0. The van der Waals surface area contributed by atoms with E-state index in [1.807, 2.05) is 12.1 Å². The summed E-state index contributed by atoms with van der Waals surface area (Å²) >= 11 is 7.36. The number of hydrogen-bond acceptors (Lipinski definition) is 4. The van der Waals surface area contributed by atoms with Crippen molar-refractivity contribution < 1.29 is 14.3 Å². The molecule has 0 spiro atoms. The Bertz CT molecular complexity index is 741. The minimum absolute atomic E-state index is 0.0466. The first-order chi connectivity index (χ1) is 11.5. The van der Waals surface area contributed by atoms with E-state index >= 15 is 0 Å². The van der Waals surface area contributed by atoms with Crippen molar-refractivity contribution in [3.05, 3.63) is 63.8 Å². The van der Waals surface area contributed by atoms with Crippen LogP contribution in [0.4, 0.5) is 0 Å². The molecule has 1 heterocycles. The Balaban J connectivity index is 1.98. The SMILES string of the molecule is C=CCN(Cc1ccc(Cl)s1)C(=O)COc1cccc(C(C)=O)c1. The van der Waals surface area contributed by atoms with Crippen molar-refractivity contribution in [2.24, 2.45) is 0 Å². The molecular formula is C18H18ClNO3S. The van der Waals surface area contributed by atoms with Gasteiger partial charge in [-0.2, -0.15) is 0 Å². The first-order valence-electron chi connectivity index (χ1n) is 7.36. The van der Waals surface area contributed by atoms with Crippen LogP contribution in [0.3, 0.4) is 0 Å². The first kappa shape index (κ1) is 18.2. The van der Waals surface area contributed by atoms with Gasteiger partial charge in [0.2, 0.25) is 0 Å². The highest BCUT2D eigenvalue weighted by Gasteiger charge is 2.15. The number of nitrogens with zero attached hydrogens (tertiary/aromatic N) is 1. The van der Waals surface area contributed by atoms with E-state index in [1.165, 1.54) is 18.3 Å². The molecule has 0 saturated carbocycles. The second kappa shape index (κ2) is 8.66. The predicted molar refractivity (Wildman–Crippen MR) is 96.9 cm³/mol. The van der Waals surface area contributed by atoms with Gasteiger partial charge in [-0.3, -0.25) is 9.59 Å². The van der Waals surface area contributed by atoms with Crippen molar-refractivity contribution in [3.8, 4) is 5.75 Å². The van der Waals surface area contributed by atoms with Crippen LogP contribution in [0.5, 0.6) is 5.75 Å². The number of carbonyl (C=O) groups excluding carboxylic acids is 2. The minimum atomic E-state index is -0.160. The number of amides is 1. The summed E-state index contributed by atoms with van der Waals surface area (Å²) in [5.74, 6) is 0.288. The van der Waals surface area contributed by atoms with Crippen LogP contribution in [0.2, 0.25) is 4.34 Å². The molecule has 2 rings (SSSR count). The summed E-state index contributed by atoms with van der Waals surface area (Å²) in [6.07, 6.45) is 1.67. The third-order valence-corrected chi connectivity index (χ3v) is 4.50. The van der Waals surface area contributed by atoms with Gasteiger partial charge < -0.3 is 9.64 Å². The average molecular weight is 364 g/mol. The van der Waals surface area contributed by atoms with Gasteiger partial charge in [-0.15, -0.1) is 17.9 Å². The van der Waals surface area contributed by atoms with Gasteiger partial charge in [0.15, 0.2) is 12.4 Å². The fourth-order valence-electron chi connectivity index (χ4n) is 2.08. The van der Waals surface area contributed by atoms with Crippen LogP contribution >= 0.6 is 22.9 Å². The fraction of sp³-hybridized carbons (Fsp3) is 0.222. The summed E-state index contributed by atoms with van der Waals surface area (Å²) in [6, 6.07) is 10.5. The zero-order valence-electron chi connectivity index (χ0n) is 13.3. The standard InChI is InChI=1S/C18H18ClNO3S/c1-3-9-20(11-16-7-8-17(19)24-16)18(22)12-23-15-6-4-5-14(10-15)13(2)21/h3-8,10H,1,9,11-12H2,2H3. The van der Waals surface area contributed by atoms with E-state index in [2.05, 4.69) is 6.58 Å². The average Bonchev–Trinajstić information content (AvgIpc) is 2.97. The molecule has 1 amide bonds. The molecule has 0 aliphatic heterocycles. The van der Waals surface area contributed by atoms with Crippen molar-refractivity contribution in [1.29, 1.82) is 0 Å². The predicted octanol–water partition coefficient (Wildman–Crippen LogP) is 4.20. The van der Waals surface area contributed by atoms with E-state index < -0.39 is 0 Å². The summed E-state index contributed by atoms with van der Waals surface area (Å²) in [4.78, 5) is 26.4. The number of thiophene rings is 1. The molecule has 0 fully saturated rings. The van der Waals surface area contributed by atoms with Gasteiger partial charge >= 0.3 is 0 Å². The highest BCUT2D eigenvalue weighted by atomic mass is 35.5. The Labute approximate surface area is 150 Å². The molecule has 2 aromatic rings. The monoisotopic (exact) mass is 363 g/mol. The second-order valence-corrected chi connectivity index (χ2v) is 6.94. The lowest BCUT2D eigenvalue weighted by Gasteiger charge is -2.20. The minimum Gasteiger partial charge on any atom is -0.484 e. The summed E-state index contributed by atoms with van der Waals surface area (Å²) in [5.41, 5.74) is 0.552. The molecule has 0 atom stereocenters. The molecule has 126 valence electrons. The van der Waals surface area contributed by atoms with Gasteiger partial charge in [-0.25, -0.2) is 0 Å². The number of ketones is 1. The largest absolute Gasteiger partial charge is 0.484 e. The smallest absolute Gasteiger partial charge is 0.261 e. The van der Waals surface area contributed by atoms with E-state index in [0.29, 0.717) is 28.7 Å². The topological polar surface area (TPSA) is 46.6 Å². The van der Waals surface area contributed by atoms with Crippen molar-refractivity contribution >= 4 is 34.6 Å². The van der Waals surface area contributed by atoms with Crippen molar-refractivity contribution in [3.63, 3.8) is 0 Å². The molecule has 1 aromatic carbocycles. The maximum Gasteiger partial charge on any atom is 0.261 e. The Morgan fingerprint density at radius 1 is 1.33 bits per heavy atom. The molecule has 0 bridgehead atoms. The molecule has 24 heavy (non-hydrogen) atoms. The van der Waals surface area contributed by atoms with Gasteiger partial charge in [0, 0.05) is 17.0 Å². The van der Waals surface area contributed by atoms with Crippen molar-refractivity contribution in [2.75, 3.05) is 13.2 Å². The van der Waals surface area contributed by atoms with E-state index in [4.69, 9.17) is 16.3 Å². The van der Waals surface area contributed by atoms with Gasteiger partial charge in [-0.05, 0) is 31.2 Å². The molecule has 4 nitrogen and oxygen atoms in total. The van der Waals surface area contributed by atoms with Crippen LogP contribution < -0.4 is 4.74 Å². The molecule has 0 unspecified atom stereocenters. The Morgan fingerprint density at radius 3 is 2.75 bits per heavy atom. The molecule has 6 heteroatoms. The van der Waals surface area contributed by atoms with E-state index in [9.17, 15) is 9.59 Å². The Morgan fingerprint density at radius 2 is 2.12 bits per heavy atom. The number of rotatable bonds is 8. The van der Waals surface area contributed by atoms with Crippen LogP contribution in [0, 0.1) is 0 Å². The number of ether oxygens (including phenoxy) is 1. The van der Waals surface area contributed by atoms with Crippen LogP contribution in [-0.4, -0.2) is 29.7 Å². The lowest BCUT2D eigenvalue weighted by Crippen LogP contribution is -2.34. The third-order valence-electron chi connectivity index (χ3n) is 3.28. The quantitative estimate of drug-likeness (QED) is 0.521. The lowest BCUT2D eigenvalue weighted by atomic mass is 10.1. The maximum atomic E-state index is 12.4. The van der Waals surface area contributed by atoms with E-state index in [-0.39, 0.29) is 18.3 Å². The molecule has 0 radical (unpaired) electrons. The molecular weight excluding hydrogens is 346 g/mol. The Hall–Kier alpha value is -2.11. The molecule has 0 saturated heterocycles. The van der Waals surface area contributed by atoms with Gasteiger partial charge in [0.05, 0.1) is 10.9 Å². The van der Waals surface area contributed by atoms with Crippen LogP contribution in [0.1, 0.15) is 22.2 Å². The summed E-state index contributed by atoms with van der Waals surface area (Å²) in [6.45, 7) is 5.95. The van der Waals surface area contributed by atoms with E-state index in [1.54, 1.807) is 35.2 Å². The third kappa shape index (κ3) is 5.22. The maximum absolute atomic E-state index is 12.4. The van der Waals surface area contributed by atoms with Crippen LogP contribution in [0.15, 0.2) is 49.1 Å². The zero-order valence-corrected chi connectivity index (χ0v) is 14.9. The number of carbonyl (C=O) groups is 2. The Kier molecular flexibility index (Phi) is 6.58. The van der Waals surface area contributed by atoms with Crippen molar-refractivity contribution in [2.45, 2.75) is 13.5 Å². The fourth-order valence-corrected chi connectivity index (χ4v) is 3.18. The van der Waals surface area contributed by atoms with Crippen molar-refractivity contribution in [1.82, 2.24) is 4.90 Å². The van der Waals surface area contributed by atoms with Gasteiger partial charge in [-0.1, -0.05) is 29.8 Å². The normalized spacial score (nSPS) is 10.2. The van der Waals surface area contributed by atoms with Crippen LogP contribution in [-0.2, 0) is 11.3 Å². The van der Waals surface area contributed by atoms with Gasteiger partial charge in [0.1, 0.15) is 5.75 Å². The summed E-state index contributed by atoms with van der Waals surface area (Å²) in [5, 5.41) is 0. The van der Waals surface area contributed by atoms with Gasteiger partial charge in [0.25, 0.3) is 5.91 Å². The number of hydrogen-bond donors (Lipinski definition) is 0. The summed E-state index contributed by atoms with van der Waals surface area (Å²) < 4.78 is 6.22. The highest BCUT2D eigenvalue weighted by Crippen LogP contribution is 2.23. The molecule has 0 N–H and O–H groups in total. The number of Topliss-reactive ketones (excluding diaryl/α,β-unsaturated/α-hetero) is 1. The van der Waals surface area contributed by atoms with Crippen LogP contribution in [0.25, 0.3) is 0 Å². The number of benzene rings is 1. The molecule has 1 aromatic heterocycles. The highest BCUT2D eigenvalue weighted by molar-refractivity contribution is 7.16. The molecule has 0 aliphatic carbocycles. The second-order valence-electron chi connectivity index (χ2n) is 5.14. The molecule has 0 aliphatic rings. The number of halogens is 1. The lowest BCUT2D eigenvalue weighted by molar-refractivity contribution is -0.133. The first-order valence-corrected chi connectivity index (χ1v) is 8.55. The zero-order chi connectivity index (χ0) is 17.5.